The Morgan fingerprint density at radius 3 is 2.52 bits per heavy atom. The summed E-state index contributed by atoms with van der Waals surface area (Å²) in [5.41, 5.74) is -0.479. The van der Waals surface area contributed by atoms with Crippen molar-refractivity contribution >= 4 is 40.4 Å². The number of carboxylic acids is 1. The van der Waals surface area contributed by atoms with Crippen LogP contribution < -0.4 is 0 Å². The number of hydrogen-bond donors (Lipinski definition) is 1. The van der Waals surface area contributed by atoms with Crippen LogP contribution in [-0.4, -0.2) is 37.9 Å². The Hall–Kier alpha value is -1.53. The van der Waals surface area contributed by atoms with Crippen LogP contribution in [0.2, 0.25) is 0 Å². The first-order valence-corrected chi connectivity index (χ1v) is 7.63. The van der Waals surface area contributed by atoms with Gasteiger partial charge >= 0.3 is 5.97 Å². The molecule has 1 aliphatic rings. The predicted octanol–water partition coefficient (Wildman–Crippen LogP) is 1.94. The van der Waals surface area contributed by atoms with Gasteiger partial charge in [-0.1, -0.05) is 53.7 Å². The number of likely N-dealkylation sites (tertiary alicyclic amines) is 1. The number of amides is 1. The highest BCUT2D eigenvalue weighted by Gasteiger charge is 2.52. The van der Waals surface area contributed by atoms with Gasteiger partial charge in [0.05, 0.1) is 11.3 Å². The largest absolute Gasteiger partial charge is 0.479 e. The Bertz CT molecular complexity index is 565. The summed E-state index contributed by atoms with van der Waals surface area (Å²) in [6, 6.07) is 9.39. The number of benzene rings is 1. The lowest BCUT2D eigenvalue weighted by Crippen LogP contribution is -2.64. The standard InChI is InChI=1S/C14H14ClNO4S/c1-8(17)21-13-10(7-9-5-3-2-4-6-9)12(18)16(13)11(15)14(19)20/h2-6,10-11,13H,7H2,1H3,(H,19,20). The second kappa shape index (κ2) is 6.49. The van der Waals surface area contributed by atoms with Crippen LogP contribution in [-0.2, 0) is 20.8 Å². The van der Waals surface area contributed by atoms with E-state index < -0.39 is 22.8 Å². The summed E-state index contributed by atoms with van der Waals surface area (Å²) in [5, 5.41) is 8.23. The molecule has 112 valence electrons. The average Bonchev–Trinajstić information content (AvgIpc) is 2.44. The fourth-order valence-electron chi connectivity index (χ4n) is 2.28. The summed E-state index contributed by atoms with van der Waals surface area (Å²) in [4.78, 5) is 35.5. The molecule has 1 aliphatic heterocycles. The molecule has 7 heteroatoms. The van der Waals surface area contributed by atoms with E-state index in [1.807, 2.05) is 30.3 Å². The van der Waals surface area contributed by atoms with Crippen LogP contribution in [0, 0.1) is 5.92 Å². The van der Waals surface area contributed by atoms with Gasteiger partial charge in [-0.3, -0.25) is 9.59 Å². The summed E-state index contributed by atoms with van der Waals surface area (Å²) in [6.07, 6.45) is 0.463. The summed E-state index contributed by atoms with van der Waals surface area (Å²) in [6.45, 7) is 1.38. The minimum Gasteiger partial charge on any atom is -0.479 e. The molecule has 0 saturated carbocycles. The minimum absolute atomic E-state index is 0.176. The fraction of sp³-hybridized carbons (Fsp3) is 0.357. The molecule has 0 spiro atoms. The number of rotatable bonds is 5. The van der Waals surface area contributed by atoms with Gasteiger partial charge in [-0.15, -0.1) is 0 Å². The van der Waals surface area contributed by atoms with Gasteiger partial charge in [0.25, 0.3) is 0 Å². The molecule has 1 fully saturated rings. The van der Waals surface area contributed by atoms with Crippen LogP contribution >= 0.6 is 23.4 Å². The topological polar surface area (TPSA) is 74.7 Å². The van der Waals surface area contributed by atoms with Crippen molar-refractivity contribution < 1.29 is 19.5 Å². The molecule has 0 bridgehead atoms. The summed E-state index contributed by atoms with van der Waals surface area (Å²) in [5.74, 6) is -2.06. The average molecular weight is 328 g/mol. The van der Waals surface area contributed by atoms with Crippen molar-refractivity contribution in [3.05, 3.63) is 35.9 Å². The van der Waals surface area contributed by atoms with Crippen LogP contribution in [0.4, 0.5) is 0 Å². The van der Waals surface area contributed by atoms with Gasteiger partial charge in [-0.2, -0.15) is 0 Å². The van der Waals surface area contributed by atoms with Crippen LogP contribution in [0.1, 0.15) is 12.5 Å². The molecule has 1 saturated heterocycles. The van der Waals surface area contributed by atoms with Gasteiger partial charge in [-0.25, -0.2) is 4.79 Å². The van der Waals surface area contributed by atoms with E-state index in [2.05, 4.69) is 0 Å². The third-order valence-electron chi connectivity index (χ3n) is 3.22. The molecule has 1 N–H and O–H groups in total. The molecule has 1 amide bonds. The fourth-order valence-corrected chi connectivity index (χ4v) is 3.62. The molecule has 3 unspecified atom stereocenters. The second-order valence-corrected chi connectivity index (χ2v) is 6.42. The normalized spacial score (nSPS) is 22.6. The van der Waals surface area contributed by atoms with E-state index in [1.54, 1.807) is 0 Å². The number of alkyl halides is 1. The zero-order chi connectivity index (χ0) is 15.6. The molecule has 0 radical (unpaired) electrons. The first-order valence-electron chi connectivity index (χ1n) is 6.32. The van der Waals surface area contributed by atoms with Crippen molar-refractivity contribution in [1.29, 1.82) is 0 Å². The molecular formula is C14H14ClNO4S. The third kappa shape index (κ3) is 3.39. The molecule has 1 aromatic rings. The number of thioether (sulfide) groups is 1. The second-order valence-electron chi connectivity index (χ2n) is 4.72. The van der Waals surface area contributed by atoms with Crippen molar-refractivity contribution in [2.24, 2.45) is 5.92 Å². The Morgan fingerprint density at radius 2 is 2.00 bits per heavy atom. The van der Waals surface area contributed by atoms with E-state index >= 15 is 0 Å². The molecule has 3 atom stereocenters. The predicted molar refractivity (Wildman–Crippen MR) is 79.8 cm³/mol. The summed E-state index contributed by atoms with van der Waals surface area (Å²) < 4.78 is 0. The van der Waals surface area contributed by atoms with Gasteiger partial charge in [0, 0.05) is 6.92 Å². The van der Waals surface area contributed by atoms with Crippen LogP contribution in [0.5, 0.6) is 0 Å². The molecule has 1 aromatic carbocycles. The van der Waals surface area contributed by atoms with E-state index in [0.29, 0.717) is 6.42 Å². The number of carbonyl (C=O) groups is 3. The monoisotopic (exact) mass is 327 g/mol. The Labute approximate surface area is 131 Å². The number of nitrogens with zero attached hydrogens (tertiary/aromatic N) is 1. The van der Waals surface area contributed by atoms with Crippen molar-refractivity contribution in [2.75, 3.05) is 0 Å². The number of carbonyl (C=O) groups excluding carboxylic acids is 2. The van der Waals surface area contributed by atoms with Gasteiger partial charge in [-0.05, 0) is 12.0 Å². The van der Waals surface area contributed by atoms with Crippen LogP contribution in [0.25, 0.3) is 0 Å². The number of aliphatic carboxylic acids is 1. The van der Waals surface area contributed by atoms with E-state index in [0.717, 1.165) is 22.2 Å². The maximum absolute atomic E-state index is 12.2. The smallest absolute Gasteiger partial charge is 0.342 e. The number of halogens is 1. The van der Waals surface area contributed by atoms with E-state index in [-0.39, 0.29) is 11.0 Å². The molecule has 0 aromatic heterocycles. The molecule has 0 aliphatic carbocycles. The first-order chi connectivity index (χ1) is 9.91. The molecule has 1 heterocycles. The quantitative estimate of drug-likeness (QED) is 0.508. The van der Waals surface area contributed by atoms with Gasteiger partial charge in [0.15, 0.2) is 5.12 Å². The number of carboxylic acid groups (broad SMARTS) is 1. The SMILES string of the molecule is CC(=O)SC1C(Cc2ccccc2)C(=O)N1C(Cl)C(=O)O. The lowest BCUT2D eigenvalue weighted by atomic mass is 9.90. The third-order valence-corrected chi connectivity index (χ3v) is 4.75. The zero-order valence-corrected chi connectivity index (χ0v) is 12.8. The summed E-state index contributed by atoms with van der Waals surface area (Å²) >= 11 is 6.68. The van der Waals surface area contributed by atoms with Crippen LogP contribution in [0.15, 0.2) is 30.3 Å². The first kappa shape index (κ1) is 15.9. The highest BCUT2D eigenvalue weighted by Crippen LogP contribution is 2.40. The lowest BCUT2D eigenvalue weighted by Gasteiger charge is -2.47. The highest BCUT2D eigenvalue weighted by molar-refractivity contribution is 8.14. The molecule has 2 rings (SSSR count). The Morgan fingerprint density at radius 1 is 1.38 bits per heavy atom. The summed E-state index contributed by atoms with van der Waals surface area (Å²) in [7, 11) is 0. The Balaban J connectivity index is 2.15. The maximum atomic E-state index is 12.2. The van der Waals surface area contributed by atoms with Gasteiger partial charge in [0.2, 0.25) is 11.4 Å². The van der Waals surface area contributed by atoms with E-state index in [9.17, 15) is 14.4 Å². The number of hydrogen-bond acceptors (Lipinski definition) is 4. The Kier molecular flexibility index (Phi) is 4.90. The van der Waals surface area contributed by atoms with Gasteiger partial charge in [0.1, 0.15) is 0 Å². The van der Waals surface area contributed by atoms with E-state index in [4.69, 9.17) is 16.7 Å². The molecule has 5 nitrogen and oxygen atoms in total. The van der Waals surface area contributed by atoms with E-state index in [1.165, 1.54) is 6.92 Å². The molecular weight excluding hydrogens is 314 g/mol. The van der Waals surface area contributed by atoms with Gasteiger partial charge < -0.3 is 10.0 Å². The lowest BCUT2D eigenvalue weighted by molar-refractivity contribution is -0.159. The number of β-lactam (4-membered cyclic amide) rings is 1. The van der Waals surface area contributed by atoms with Crippen molar-refractivity contribution in [3.63, 3.8) is 0 Å². The van der Waals surface area contributed by atoms with Crippen molar-refractivity contribution in [1.82, 2.24) is 4.90 Å². The maximum Gasteiger partial charge on any atom is 0.342 e. The van der Waals surface area contributed by atoms with Crippen molar-refractivity contribution in [3.8, 4) is 0 Å². The zero-order valence-electron chi connectivity index (χ0n) is 11.2. The van der Waals surface area contributed by atoms with Crippen molar-refractivity contribution in [2.45, 2.75) is 24.2 Å². The minimum atomic E-state index is -1.44. The highest BCUT2D eigenvalue weighted by atomic mass is 35.5. The van der Waals surface area contributed by atoms with Crippen LogP contribution in [0.3, 0.4) is 0 Å². The molecule has 21 heavy (non-hydrogen) atoms.